The molecule has 0 spiro atoms. The van der Waals surface area contributed by atoms with Crippen molar-refractivity contribution in [1.29, 1.82) is 0 Å². The van der Waals surface area contributed by atoms with E-state index in [0.29, 0.717) is 37.8 Å². The quantitative estimate of drug-likeness (QED) is 0.379. The third-order valence-electron chi connectivity index (χ3n) is 4.35. The summed E-state index contributed by atoms with van der Waals surface area (Å²) < 4.78 is 11.7. The first-order chi connectivity index (χ1) is 14.2. The average Bonchev–Trinajstić information content (AvgIpc) is 2.74. The standard InChI is InChI=1S/C22H28N4O3/c1-3-23-22(25-12-11-24-21(27)17-8-6-7-16(2)13-17)26-14-18-15-28-19-9-4-5-10-20(19)29-18/h4-10,13,18H,3,11-12,14-15H2,1-2H3,(H,24,27)(H2,23,25,26). The van der Waals surface area contributed by atoms with Crippen LogP contribution < -0.4 is 25.4 Å². The van der Waals surface area contributed by atoms with Crippen molar-refractivity contribution in [3.05, 3.63) is 59.7 Å². The largest absolute Gasteiger partial charge is 0.486 e. The number of carbonyl (C=O) groups is 1. The van der Waals surface area contributed by atoms with Crippen LogP contribution >= 0.6 is 0 Å². The molecule has 0 fully saturated rings. The highest BCUT2D eigenvalue weighted by atomic mass is 16.6. The summed E-state index contributed by atoms with van der Waals surface area (Å²) in [5.41, 5.74) is 1.73. The van der Waals surface area contributed by atoms with E-state index in [1.807, 2.05) is 62.4 Å². The lowest BCUT2D eigenvalue weighted by molar-refractivity contribution is 0.0954. The zero-order chi connectivity index (χ0) is 20.5. The smallest absolute Gasteiger partial charge is 0.251 e. The third kappa shape index (κ3) is 6.14. The van der Waals surface area contributed by atoms with Crippen LogP contribution in [0.1, 0.15) is 22.8 Å². The van der Waals surface area contributed by atoms with Crippen LogP contribution in [-0.4, -0.2) is 50.8 Å². The molecule has 154 valence electrons. The Morgan fingerprint density at radius 3 is 2.66 bits per heavy atom. The van der Waals surface area contributed by atoms with Crippen LogP contribution in [0.15, 0.2) is 53.5 Å². The normalized spacial score (nSPS) is 15.5. The Morgan fingerprint density at radius 2 is 1.86 bits per heavy atom. The van der Waals surface area contributed by atoms with Gasteiger partial charge in [0.15, 0.2) is 23.6 Å². The minimum atomic E-state index is -0.138. The molecule has 2 aromatic carbocycles. The second-order valence-corrected chi connectivity index (χ2v) is 6.77. The first kappa shape index (κ1) is 20.5. The molecule has 0 saturated heterocycles. The second-order valence-electron chi connectivity index (χ2n) is 6.77. The van der Waals surface area contributed by atoms with Gasteiger partial charge in [-0.25, -0.2) is 4.99 Å². The molecule has 1 aliphatic rings. The van der Waals surface area contributed by atoms with Gasteiger partial charge in [-0.2, -0.15) is 0 Å². The van der Waals surface area contributed by atoms with Crippen molar-refractivity contribution in [3.63, 3.8) is 0 Å². The third-order valence-corrected chi connectivity index (χ3v) is 4.35. The maximum Gasteiger partial charge on any atom is 0.251 e. The van der Waals surface area contributed by atoms with Crippen LogP contribution in [0.3, 0.4) is 0 Å². The van der Waals surface area contributed by atoms with E-state index < -0.39 is 0 Å². The molecule has 0 bridgehead atoms. The lowest BCUT2D eigenvalue weighted by atomic mass is 10.1. The second kappa shape index (κ2) is 10.4. The molecule has 29 heavy (non-hydrogen) atoms. The Bertz CT molecular complexity index is 853. The number of ether oxygens (including phenoxy) is 2. The topological polar surface area (TPSA) is 84.0 Å². The SMILES string of the molecule is CCNC(=NCC1COc2ccccc2O1)NCCNC(=O)c1cccc(C)c1. The Morgan fingerprint density at radius 1 is 1.07 bits per heavy atom. The molecule has 2 aromatic rings. The van der Waals surface area contributed by atoms with E-state index >= 15 is 0 Å². The maximum absolute atomic E-state index is 12.2. The number of hydrogen-bond acceptors (Lipinski definition) is 4. The zero-order valence-electron chi connectivity index (χ0n) is 16.9. The summed E-state index contributed by atoms with van der Waals surface area (Å²) in [6.45, 7) is 6.71. The fourth-order valence-electron chi connectivity index (χ4n) is 2.93. The highest BCUT2D eigenvalue weighted by molar-refractivity contribution is 5.94. The molecule has 7 nitrogen and oxygen atoms in total. The molecule has 1 heterocycles. The van der Waals surface area contributed by atoms with Crippen molar-refractivity contribution < 1.29 is 14.3 Å². The number of hydrogen-bond donors (Lipinski definition) is 3. The van der Waals surface area contributed by atoms with Crippen molar-refractivity contribution in [2.75, 3.05) is 32.8 Å². The van der Waals surface area contributed by atoms with Crippen LogP contribution in [-0.2, 0) is 0 Å². The number of aliphatic imine (C=N–C) groups is 1. The van der Waals surface area contributed by atoms with Gasteiger partial charge in [-0.05, 0) is 38.1 Å². The van der Waals surface area contributed by atoms with Crippen LogP contribution in [0.25, 0.3) is 0 Å². The molecule has 1 amide bonds. The minimum absolute atomic E-state index is 0.0798. The van der Waals surface area contributed by atoms with E-state index in [4.69, 9.17) is 9.47 Å². The first-order valence-corrected chi connectivity index (χ1v) is 9.91. The van der Waals surface area contributed by atoms with E-state index in [0.717, 1.165) is 23.6 Å². The summed E-state index contributed by atoms with van der Waals surface area (Å²) in [7, 11) is 0. The highest BCUT2D eigenvalue weighted by Gasteiger charge is 2.20. The summed E-state index contributed by atoms with van der Waals surface area (Å²) in [6, 6.07) is 15.2. The van der Waals surface area contributed by atoms with Gasteiger partial charge >= 0.3 is 0 Å². The highest BCUT2D eigenvalue weighted by Crippen LogP contribution is 2.30. The predicted molar refractivity (Wildman–Crippen MR) is 114 cm³/mol. The van der Waals surface area contributed by atoms with E-state index in [-0.39, 0.29) is 12.0 Å². The molecular weight excluding hydrogens is 368 g/mol. The zero-order valence-corrected chi connectivity index (χ0v) is 16.9. The molecule has 3 N–H and O–H groups in total. The van der Waals surface area contributed by atoms with E-state index in [1.54, 1.807) is 0 Å². The minimum Gasteiger partial charge on any atom is -0.486 e. The molecule has 3 rings (SSSR count). The summed E-state index contributed by atoms with van der Waals surface area (Å²) >= 11 is 0. The number of aryl methyl sites for hydroxylation is 1. The number of para-hydroxylation sites is 2. The molecular formula is C22H28N4O3. The maximum atomic E-state index is 12.2. The summed E-state index contributed by atoms with van der Waals surface area (Å²) in [5.74, 6) is 2.11. The van der Waals surface area contributed by atoms with Gasteiger partial charge in [-0.15, -0.1) is 0 Å². The van der Waals surface area contributed by atoms with Crippen molar-refractivity contribution in [1.82, 2.24) is 16.0 Å². The van der Waals surface area contributed by atoms with Crippen molar-refractivity contribution >= 4 is 11.9 Å². The number of rotatable bonds is 7. The number of carbonyl (C=O) groups excluding carboxylic acids is 1. The van der Waals surface area contributed by atoms with Crippen LogP contribution in [0, 0.1) is 6.92 Å². The Hall–Kier alpha value is -3.22. The number of amides is 1. The fraction of sp³-hybridized carbons (Fsp3) is 0.364. The molecule has 7 heteroatoms. The van der Waals surface area contributed by atoms with Gasteiger partial charge in [-0.3, -0.25) is 4.79 Å². The lowest BCUT2D eigenvalue weighted by Crippen LogP contribution is -2.42. The summed E-state index contributed by atoms with van der Waals surface area (Å²) in [5, 5.41) is 9.34. The molecule has 0 aliphatic carbocycles. The Kier molecular flexibility index (Phi) is 7.33. The number of fused-ring (bicyclic) bond motifs is 1. The number of guanidine groups is 1. The average molecular weight is 396 g/mol. The molecule has 1 atom stereocenters. The van der Waals surface area contributed by atoms with Gasteiger partial charge < -0.3 is 25.4 Å². The molecule has 1 unspecified atom stereocenters. The molecule has 1 aliphatic heterocycles. The van der Waals surface area contributed by atoms with Crippen LogP contribution in [0.2, 0.25) is 0 Å². The van der Waals surface area contributed by atoms with Crippen LogP contribution in [0.5, 0.6) is 11.5 Å². The van der Waals surface area contributed by atoms with Crippen molar-refractivity contribution in [2.24, 2.45) is 4.99 Å². The van der Waals surface area contributed by atoms with E-state index in [1.165, 1.54) is 0 Å². The monoisotopic (exact) mass is 396 g/mol. The molecule has 0 saturated carbocycles. The lowest BCUT2D eigenvalue weighted by Gasteiger charge is -2.25. The van der Waals surface area contributed by atoms with Gasteiger partial charge in [0, 0.05) is 25.2 Å². The van der Waals surface area contributed by atoms with Gasteiger partial charge in [0.05, 0.1) is 6.54 Å². The van der Waals surface area contributed by atoms with Gasteiger partial charge in [0.25, 0.3) is 5.91 Å². The van der Waals surface area contributed by atoms with Crippen molar-refractivity contribution in [3.8, 4) is 11.5 Å². The summed E-state index contributed by atoms with van der Waals surface area (Å²) in [4.78, 5) is 16.8. The fourth-order valence-corrected chi connectivity index (χ4v) is 2.93. The number of nitrogens with one attached hydrogen (secondary N) is 3. The van der Waals surface area contributed by atoms with Gasteiger partial charge in [0.2, 0.25) is 0 Å². The van der Waals surface area contributed by atoms with Crippen molar-refractivity contribution in [2.45, 2.75) is 20.0 Å². The summed E-state index contributed by atoms with van der Waals surface area (Å²) in [6.07, 6.45) is -0.138. The van der Waals surface area contributed by atoms with Crippen LogP contribution in [0.4, 0.5) is 0 Å². The Balaban J connectivity index is 1.44. The number of nitrogens with zero attached hydrogens (tertiary/aromatic N) is 1. The van der Waals surface area contributed by atoms with Gasteiger partial charge in [0.1, 0.15) is 6.61 Å². The predicted octanol–water partition coefficient (Wildman–Crippen LogP) is 2.12. The Labute approximate surface area is 171 Å². The molecule has 0 radical (unpaired) electrons. The van der Waals surface area contributed by atoms with E-state index in [9.17, 15) is 4.79 Å². The molecule has 0 aromatic heterocycles. The van der Waals surface area contributed by atoms with E-state index in [2.05, 4.69) is 20.9 Å². The first-order valence-electron chi connectivity index (χ1n) is 9.91. The van der Waals surface area contributed by atoms with Gasteiger partial charge in [-0.1, -0.05) is 29.8 Å². The number of benzene rings is 2.